The molecule has 1 aromatic heterocycles. The number of nitrogens with zero attached hydrogens (tertiary/aromatic N) is 2. The smallest absolute Gasteiger partial charge is 0.233 e. The van der Waals surface area contributed by atoms with E-state index in [1.807, 2.05) is 49.7 Å². The maximum atomic E-state index is 12.4. The fraction of sp³-hybridized carbons (Fsp3) is 0.350. The van der Waals surface area contributed by atoms with Crippen LogP contribution in [-0.4, -0.2) is 22.4 Å². The van der Waals surface area contributed by atoms with Gasteiger partial charge < -0.3 is 5.32 Å². The number of aliphatic imine (C=N–C) groups is 1. The zero-order chi connectivity index (χ0) is 18.5. The van der Waals surface area contributed by atoms with Gasteiger partial charge in [0.2, 0.25) is 5.91 Å². The van der Waals surface area contributed by atoms with Gasteiger partial charge in [0, 0.05) is 24.1 Å². The van der Waals surface area contributed by atoms with Crippen LogP contribution in [-0.2, 0) is 4.79 Å². The summed E-state index contributed by atoms with van der Waals surface area (Å²) < 4.78 is 1.09. The number of anilines is 1. The van der Waals surface area contributed by atoms with Crippen LogP contribution in [0.4, 0.5) is 5.13 Å². The van der Waals surface area contributed by atoms with E-state index in [0.29, 0.717) is 11.0 Å². The van der Waals surface area contributed by atoms with Gasteiger partial charge in [-0.3, -0.25) is 9.79 Å². The Hall–Kier alpha value is -1.92. The number of rotatable bonds is 7. The summed E-state index contributed by atoms with van der Waals surface area (Å²) in [7, 11) is 0. The number of carbonyl (C=O) groups is 1. The van der Waals surface area contributed by atoms with Crippen molar-refractivity contribution in [1.29, 1.82) is 0 Å². The van der Waals surface area contributed by atoms with Crippen LogP contribution in [0.3, 0.4) is 0 Å². The zero-order valence-corrected chi connectivity index (χ0v) is 16.9. The molecule has 1 aromatic carbocycles. The maximum Gasteiger partial charge on any atom is 0.233 e. The molecule has 0 saturated carbocycles. The first kappa shape index (κ1) is 18.9. The Morgan fingerprint density at radius 1 is 1.27 bits per heavy atom. The lowest BCUT2D eigenvalue weighted by Crippen LogP contribution is -2.18. The molecule has 2 aromatic rings. The zero-order valence-electron chi connectivity index (χ0n) is 15.2. The standard InChI is InChI=1S/C20H23N3OS2/c1-13(2)16-9-17(21-10-16)12-25-18-11-22-20(26-18)23-19(24)14(3)15-7-5-4-6-8-15/h4-8,10-11,13-14H,9,12H2,1-3H3,(H,22,23,24)/t14-/m0/s1. The van der Waals surface area contributed by atoms with E-state index >= 15 is 0 Å². The fourth-order valence-electron chi connectivity index (χ4n) is 2.59. The molecular formula is C20H23N3OS2. The minimum absolute atomic E-state index is 0.0342. The second-order valence-electron chi connectivity index (χ2n) is 6.63. The Balaban J connectivity index is 1.50. The summed E-state index contributed by atoms with van der Waals surface area (Å²) in [5.41, 5.74) is 3.60. The third-order valence-electron chi connectivity index (χ3n) is 4.35. The Morgan fingerprint density at radius 3 is 2.73 bits per heavy atom. The average Bonchev–Trinajstić information content (AvgIpc) is 3.29. The van der Waals surface area contributed by atoms with Crippen LogP contribution in [0.15, 0.2) is 57.5 Å². The largest absolute Gasteiger partial charge is 0.301 e. The third kappa shape index (κ3) is 4.83. The molecule has 0 radical (unpaired) electrons. The van der Waals surface area contributed by atoms with Crippen molar-refractivity contribution in [2.45, 2.75) is 37.3 Å². The van der Waals surface area contributed by atoms with E-state index in [0.717, 1.165) is 21.9 Å². The number of allylic oxidation sites excluding steroid dienone is 1. The number of thiazole rings is 1. The number of amides is 1. The molecule has 0 unspecified atom stereocenters. The number of benzene rings is 1. The summed E-state index contributed by atoms with van der Waals surface area (Å²) in [5, 5.41) is 3.57. The molecule has 0 aliphatic carbocycles. The first-order valence-corrected chi connectivity index (χ1v) is 10.5. The second kappa shape index (κ2) is 8.64. The van der Waals surface area contributed by atoms with Gasteiger partial charge in [-0.2, -0.15) is 0 Å². The van der Waals surface area contributed by atoms with Crippen molar-refractivity contribution in [3.63, 3.8) is 0 Å². The number of hydrogen-bond acceptors (Lipinski definition) is 5. The molecule has 1 aliphatic rings. The molecule has 0 fully saturated rings. The molecule has 1 aliphatic heterocycles. The fourth-order valence-corrected chi connectivity index (χ4v) is 4.40. The van der Waals surface area contributed by atoms with E-state index in [1.165, 1.54) is 22.6 Å². The highest BCUT2D eigenvalue weighted by Crippen LogP contribution is 2.31. The van der Waals surface area contributed by atoms with Gasteiger partial charge in [-0.05, 0) is 24.0 Å². The molecule has 0 spiro atoms. The third-order valence-corrected chi connectivity index (χ3v) is 6.53. The van der Waals surface area contributed by atoms with Crippen LogP contribution >= 0.6 is 23.1 Å². The predicted molar refractivity (Wildman–Crippen MR) is 111 cm³/mol. The Bertz CT molecular complexity index is 825. The van der Waals surface area contributed by atoms with Crippen molar-refractivity contribution < 1.29 is 4.79 Å². The first-order valence-electron chi connectivity index (χ1n) is 8.72. The monoisotopic (exact) mass is 385 g/mol. The number of carbonyl (C=O) groups excluding carboxylic acids is 1. The SMILES string of the molecule is CC(C)C1=CN=C(CSc2cnc(NC(=O)[C@@H](C)c3ccccc3)s2)C1. The summed E-state index contributed by atoms with van der Waals surface area (Å²) in [4.78, 5) is 21.3. The quantitative estimate of drug-likeness (QED) is 0.653. The van der Waals surface area contributed by atoms with Gasteiger partial charge in [0.05, 0.1) is 16.3 Å². The topological polar surface area (TPSA) is 54.4 Å². The molecule has 4 nitrogen and oxygen atoms in total. The van der Waals surface area contributed by atoms with Crippen molar-refractivity contribution in [1.82, 2.24) is 4.98 Å². The lowest BCUT2D eigenvalue weighted by Gasteiger charge is -2.10. The summed E-state index contributed by atoms with van der Waals surface area (Å²) in [6.07, 6.45) is 4.80. The highest BCUT2D eigenvalue weighted by atomic mass is 32.2. The Labute approximate surface area is 162 Å². The van der Waals surface area contributed by atoms with Crippen molar-refractivity contribution in [2.24, 2.45) is 10.9 Å². The first-order chi connectivity index (χ1) is 12.5. The highest BCUT2D eigenvalue weighted by molar-refractivity contribution is 8.01. The van der Waals surface area contributed by atoms with Crippen molar-refractivity contribution in [3.05, 3.63) is 53.9 Å². The highest BCUT2D eigenvalue weighted by Gasteiger charge is 2.17. The molecule has 26 heavy (non-hydrogen) atoms. The van der Waals surface area contributed by atoms with Gasteiger partial charge in [-0.25, -0.2) is 4.98 Å². The minimum Gasteiger partial charge on any atom is -0.301 e. The van der Waals surface area contributed by atoms with Crippen molar-refractivity contribution in [2.75, 3.05) is 11.1 Å². The Kier molecular flexibility index (Phi) is 6.27. The molecule has 6 heteroatoms. The average molecular weight is 386 g/mol. The van der Waals surface area contributed by atoms with Gasteiger partial charge in [0.25, 0.3) is 0 Å². The number of thioether (sulfide) groups is 1. The van der Waals surface area contributed by atoms with Crippen molar-refractivity contribution in [3.8, 4) is 0 Å². The van der Waals surface area contributed by atoms with Gasteiger partial charge >= 0.3 is 0 Å². The number of aromatic nitrogens is 1. The van der Waals surface area contributed by atoms with E-state index < -0.39 is 0 Å². The second-order valence-corrected chi connectivity index (χ2v) is 8.93. The van der Waals surface area contributed by atoms with E-state index in [2.05, 4.69) is 29.1 Å². The van der Waals surface area contributed by atoms with Gasteiger partial charge in [0.1, 0.15) is 0 Å². The summed E-state index contributed by atoms with van der Waals surface area (Å²) in [6.45, 7) is 6.31. The van der Waals surface area contributed by atoms with Crippen LogP contribution < -0.4 is 5.32 Å². The van der Waals surface area contributed by atoms with Crippen LogP contribution in [0, 0.1) is 5.92 Å². The summed E-state index contributed by atoms with van der Waals surface area (Å²) in [5.74, 6) is 1.18. The lowest BCUT2D eigenvalue weighted by atomic mass is 10.0. The van der Waals surface area contributed by atoms with Crippen LogP contribution in [0.5, 0.6) is 0 Å². The Morgan fingerprint density at radius 2 is 2.04 bits per heavy atom. The van der Waals surface area contributed by atoms with E-state index in [4.69, 9.17) is 0 Å². The van der Waals surface area contributed by atoms with E-state index in [1.54, 1.807) is 11.8 Å². The maximum absolute atomic E-state index is 12.4. The molecule has 1 N–H and O–H groups in total. The summed E-state index contributed by atoms with van der Waals surface area (Å²) in [6, 6.07) is 9.78. The number of hydrogen-bond donors (Lipinski definition) is 1. The molecule has 2 heterocycles. The van der Waals surface area contributed by atoms with Crippen LogP contribution in [0.25, 0.3) is 0 Å². The number of nitrogens with one attached hydrogen (secondary N) is 1. The lowest BCUT2D eigenvalue weighted by molar-refractivity contribution is -0.117. The van der Waals surface area contributed by atoms with Gasteiger partial charge in [0.15, 0.2) is 5.13 Å². The molecule has 1 amide bonds. The minimum atomic E-state index is -0.204. The van der Waals surface area contributed by atoms with Gasteiger partial charge in [-0.15, -0.1) is 11.8 Å². The van der Waals surface area contributed by atoms with Gasteiger partial charge in [-0.1, -0.05) is 55.5 Å². The summed E-state index contributed by atoms with van der Waals surface area (Å²) >= 11 is 3.24. The molecule has 136 valence electrons. The molecular weight excluding hydrogens is 362 g/mol. The van der Waals surface area contributed by atoms with Crippen LogP contribution in [0.1, 0.15) is 38.7 Å². The molecule has 0 saturated heterocycles. The van der Waals surface area contributed by atoms with E-state index in [9.17, 15) is 4.79 Å². The molecule has 0 bridgehead atoms. The predicted octanol–water partition coefficient (Wildman–Crippen LogP) is 5.36. The molecule has 1 atom stereocenters. The molecule has 3 rings (SSSR count). The van der Waals surface area contributed by atoms with Crippen molar-refractivity contribution >= 4 is 39.8 Å². The van der Waals surface area contributed by atoms with Crippen LogP contribution in [0.2, 0.25) is 0 Å². The normalized spacial score (nSPS) is 14.9. The van der Waals surface area contributed by atoms with E-state index in [-0.39, 0.29) is 11.8 Å².